The first-order valence-electron chi connectivity index (χ1n) is 4.48. The van der Waals surface area contributed by atoms with Crippen LogP contribution in [-0.4, -0.2) is 22.2 Å². The van der Waals surface area contributed by atoms with Crippen molar-refractivity contribution in [3.63, 3.8) is 0 Å². The zero-order valence-corrected chi connectivity index (χ0v) is 7.56. The van der Waals surface area contributed by atoms with Crippen LogP contribution in [0.3, 0.4) is 0 Å². The summed E-state index contributed by atoms with van der Waals surface area (Å²) in [7, 11) is 0. The van der Waals surface area contributed by atoms with Crippen molar-refractivity contribution in [2.45, 2.75) is 26.2 Å². The van der Waals surface area contributed by atoms with Gasteiger partial charge in [-0.25, -0.2) is 0 Å². The van der Waals surface area contributed by atoms with Crippen LogP contribution in [0.5, 0.6) is 0 Å². The van der Waals surface area contributed by atoms with E-state index in [9.17, 15) is 9.59 Å². The van der Waals surface area contributed by atoms with Crippen molar-refractivity contribution < 1.29 is 19.8 Å². The smallest absolute Gasteiger partial charge is 0.307 e. The molecule has 4 nitrogen and oxygen atoms in total. The summed E-state index contributed by atoms with van der Waals surface area (Å²) in [5.74, 6) is -3.00. The third kappa shape index (κ3) is 2.20. The number of hydrogen-bond donors (Lipinski definition) is 2. The van der Waals surface area contributed by atoms with Gasteiger partial charge in [-0.05, 0) is 25.2 Å². The third-order valence-corrected chi connectivity index (χ3v) is 2.75. The number of aliphatic carboxylic acids is 2. The first-order valence-corrected chi connectivity index (χ1v) is 4.48. The summed E-state index contributed by atoms with van der Waals surface area (Å²) in [6.07, 6.45) is 1.81. The van der Waals surface area contributed by atoms with Gasteiger partial charge < -0.3 is 10.2 Å². The summed E-state index contributed by atoms with van der Waals surface area (Å²) in [5, 5.41) is 17.6. The molecule has 0 aromatic rings. The summed E-state index contributed by atoms with van der Waals surface area (Å²) < 4.78 is 0. The fourth-order valence-electron chi connectivity index (χ4n) is 1.95. The minimum absolute atomic E-state index is 0.330. The Labute approximate surface area is 76.6 Å². The number of hydrogen-bond acceptors (Lipinski definition) is 2. The summed E-state index contributed by atoms with van der Waals surface area (Å²) in [5.41, 5.74) is 0. The molecule has 13 heavy (non-hydrogen) atoms. The minimum Gasteiger partial charge on any atom is -0.481 e. The second kappa shape index (κ2) is 3.77. The van der Waals surface area contributed by atoms with Crippen LogP contribution in [0.25, 0.3) is 0 Å². The zero-order chi connectivity index (χ0) is 10.0. The SMILES string of the molecule is C[C@H]1CC[C@@H](C(=O)O)[C@@H](C(=O)O)C1. The van der Waals surface area contributed by atoms with Gasteiger partial charge in [0.05, 0.1) is 11.8 Å². The molecule has 0 unspecified atom stereocenters. The fourth-order valence-corrected chi connectivity index (χ4v) is 1.95. The van der Waals surface area contributed by atoms with E-state index in [1.54, 1.807) is 0 Å². The maximum absolute atomic E-state index is 10.8. The lowest BCUT2D eigenvalue weighted by molar-refractivity contribution is -0.156. The van der Waals surface area contributed by atoms with E-state index in [0.29, 0.717) is 18.8 Å². The van der Waals surface area contributed by atoms with E-state index >= 15 is 0 Å². The molecule has 0 heterocycles. The van der Waals surface area contributed by atoms with E-state index in [-0.39, 0.29) is 0 Å². The number of carbonyl (C=O) groups is 2. The van der Waals surface area contributed by atoms with Crippen LogP contribution in [0.15, 0.2) is 0 Å². The second-order valence-electron chi connectivity index (χ2n) is 3.81. The van der Waals surface area contributed by atoms with E-state index < -0.39 is 23.8 Å². The molecular formula is C9H14O4. The van der Waals surface area contributed by atoms with Gasteiger partial charge in [-0.1, -0.05) is 6.92 Å². The van der Waals surface area contributed by atoms with Gasteiger partial charge in [0.15, 0.2) is 0 Å². The molecule has 1 fully saturated rings. The molecule has 0 bridgehead atoms. The Hall–Kier alpha value is -1.06. The van der Waals surface area contributed by atoms with E-state index in [1.807, 2.05) is 6.92 Å². The van der Waals surface area contributed by atoms with E-state index in [2.05, 4.69) is 0 Å². The van der Waals surface area contributed by atoms with Gasteiger partial charge in [0, 0.05) is 0 Å². The Morgan fingerprint density at radius 3 is 2.08 bits per heavy atom. The zero-order valence-electron chi connectivity index (χ0n) is 7.56. The van der Waals surface area contributed by atoms with Gasteiger partial charge in [0.2, 0.25) is 0 Å². The standard InChI is InChI=1S/C9H14O4/c1-5-2-3-6(8(10)11)7(4-5)9(12)13/h5-7H,2-4H2,1H3,(H,10,11)(H,12,13)/t5-,6+,7-/m0/s1. The van der Waals surface area contributed by atoms with Gasteiger partial charge in [-0.15, -0.1) is 0 Å². The van der Waals surface area contributed by atoms with Crippen molar-refractivity contribution in [2.24, 2.45) is 17.8 Å². The van der Waals surface area contributed by atoms with Crippen LogP contribution >= 0.6 is 0 Å². The maximum Gasteiger partial charge on any atom is 0.307 e. The molecule has 1 aliphatic rings. The fraction of sp³-hybridized carbons (Fsp3) is 0.778. The van der Waals surface area contributed by atoms with Gasteiger partial charge in [-0.2, -0.15) is 0 Å². The first-order chi connectivity index (χ1) is 6.02. The average molecular weight is 186 g/mol. The normalized spacial score (nSPS) is 34.1. The Balaban J connectivity index is 2.72. The molecule has 4 heteroatoms. The highest BCUT2D eigenvalue weighted by Gasteiger charge is 2.37. The van der Waals surface area contributed by atoms with Crippen LogP contribution in [-0.2, 0) is 9.59 Å². The van der Waals surface area contributed by atoms with E-state index in [4.69, 9.17) is 10.2 Å². The Kier molecular flexibility index (Phi) is 2.90. The molecule has 1 saturated carbocycles. The summed E-state index contributed by atoms with van der Waals surface area (Å²) in [6, 6.07) is 0. The van der Waals surface area contributed by atoms with Crippen molar-refractivity contribution in [1.29, 1.82) is 0 Å². The minimum atomic E-state index is -0.973. The highest BCUT2D eigenvalue weighted by molar-refractivity contribution is 5.80. The first kappa shape index (κ1) is 10.0. The van der Waals surface area contributed by atoms with Gasteiger partial charge in [0.25, 0.3) is 0 Å². The van der Waals surface area contributed by atoms with E-state index in [1.165, 1.54) is 0 Å². The van der Waals surface area contributed by atoms with Crippen LogP contribution in [0.4, 0.5) is 0 Å². The molecular weight excluding hydrogens is 172 g/mol. The molecule has 0 aliphatic heterocycles. The van der Waals surface area contributed by atoms with Crippen LogP contribution in [0.2, 0.25) is 0 Å². The highest BCUT2D eigenvalue weighted by Crippen LogP contribution is 2.33. The molecule has 0 aromatic carbocycles. The largest absolute Gasteiger partial charge is 0.481 e. The molecule has 0 aromatic heterocycles. The lowest BCUT2D eigenvalue weighted by atomic mass is 9.75. The molecule has 1 aliphatic carbocycles. The number of rotatable bonds is 2. The van der Waals surface area contributed by atoms with Crippen molar-refractivity contribution in [2.75, 3.05) is 0 Å². The number of carboxylic acid groups (broad SMARTS) is 2. The average Bonchev–Trinajstić information content (AvgIpc) is 2.03. The summed E-state index contributed by atoms with van der Waals surface area (Å²) >= 11 is 0. The number of carboxylic acids is 2. The predicted molar refractivity (Wildman–Crippen MR) is 45.3 cm³/mol. The maximum atomic E-state index is 10.8. The van der Waals surface area contributed by atoms with Crippen LogP contribution in [0.1, 0.15) is 26.2 Å². The lowest BCUT2D eigenvalue weighted by Crippen LogP contribution is -2.34. The predicted octanol–water partition coefficient (Wildman–Crippen LogP) is 1.21. The van der Waals surface area contributed by atoms with Crippen LogP contribution < -0.4 is 0 Å². The van der Waals surface area contributed by atoms with Crippen molar-refractivity contribution in [3.05, 3.63) is 0 Å². The monoisotopic (exact) mass is 186 g/mol. The topological polar surface area (TPSA) is 74.6 Å². The quantitative estimate of drug-likeness (QED) is 0.679. The molecule has 3 atom stereocenters. The molecule has 2 N–H and O–H groups in total. The van der Waals surface area contributed by atoms with Crippen molar-refractivity contribution >= 4 is 11.9 Å². The van der Waals surface area contributed by atoms with Crippen molar-refractivity contribution in [3.8, 4) is 0 Å². The Bertz CT molecular complexity index is 224. The van der Waals surface area contributed by atoms with Crippen LogP contribution in [0, 0.1) is 17.8 Å². The van der Waals surface area contributed by atoms with E-state index in [0.717, 1.165) is 6.42 Å². The summed E-state index contributed by atoms with van der Waals surface area (Å²) in [4.78, 5) is 21.5. The second-order valence-corrected chi connectivity index (χ2v) is 3.81. The molecule has 0 radical (unpaired) electrons. The Morgan fingerprint density at radius 1 is 1.08 bits per heavy atom. The third-order valence-electron chi connectivity index (χ3n) is 2.75. The van der Waals surface area contributed by atoms with Crippen molar-refractivity contribution in [1.82, 2.24) is 0 Å². The van der Waals surface area contributed by atoms with Gasteiger partial charge in [-0.3, -0.25) is 9.59 Å². The molecule has 0 amide bonds. The summed E-state index contributed by atoms with van der Waals surface area (Å²) in [6.45, 7) is 1.97. The van der Waals surface area contributed by atoms with Gasteiger partial charge >= 0.3 is 11.9 Å². The molecule has 0 saturated heterocycles. The van der Waals surface area contributed by atoms with Gasteiger partial charge in [0.1, 0.15) is 0 Å². The molecule has 1 rings (SSSR count). The molecule has 0 spiro atoms. The Morgan fingerprint density at radius 2 is 1.62 bits per heavy atom. The lowest BCUT2D eigenvalue weighted by Gasteiger charge is -2.29. The molecule has 74 valence electrons. The highest BCUT2D eigenvalue weighted by atomic mass is 16.4.